The summed E-state index contributed by atoms with van der Waals surface area (Å²) in [5.41, 5.74) is 6.60. The van der Waals surface area contributed by atoms with E-state index in [-0.39, 0.29) is 11.1 Å². The first kappa shape index (κ1) is 27.4. The van der Waals surface area contributed by atoms with E-state index in [1.54, 1.807) is 24.3 Å². The molecule has 2 amide bonds. The second kappa shape index (κ2) is 11.9. The predicted octanol–water partition coefficient (Wildman–Crippen LogP) is 8.69. The molecule has 0 saturated carbocycles. The summed E-state index contributed by atoms with van der Waals surface area (Å²) in [6.07, 6.45) is 0. The molecule has 2 N–H and O–H groups in total. The molecule has 5 aromatic rings. The lowest BCUT2D eigenvalue weighted by atomic mass is 10.0. The summed E-state index contributed by atoms with van der Waals surface area (Å²) >= 11 is 2.69. The molecule has 6 nitrogen and oxygen atoms in total. The lowest BCUT2D eigenvalue weighted by molar-refractivity contribution is 0.0990. The zero-order chi connectivity index (χ0) is 28.2. The van der Waals surface area contributed by atoms with Crippen molar-refractivity contribution in [3.05, 3.63) is 106 Å². The van der Waals surface area contributed by atoms with Crippen LogP contribution in [0.4, 0.5) is 10.3 Å². The maximum atomic E-state index is 13.2. The highest BCUT2D eigenvalue weighted by molar-refractivity contribution is 7.14. The smallest absolute Gasteiger partial charge is 0.258 e. The quantitative estimate of drug-likeness (QED) is 0.197. The van der Waals surface area contributed by atoms with E-state index in [2.05, 4.69) is 72.6 Å². The van der Waals surface area contributed by atoms with Crippen LogP contribution in [-0.2, 0) is 0 Å². The number of nitrogens with zero attached hydrogens (tertiary/aromatic N) is 2. The van der Waals surface area contributed by atoms with Gasteiger partial charge in [0, 0.05) is 21.9 Å². The Morgan fingerprint density at radius 3 is 1.32 bits per heavy atom. The van der Waals surface area contributed by atoms with Crippen LogP contribution in [0.15, 0.2) is 83.6 Å². The summed E-state index contributed by atoms with van der Waals surface area (Å²) in [6, 6.07) is 23.3. The maximum absolute atomic E-state index is 13.2. The van der Waals surface area contributed by atoms with Gasteiger partial charge in [-0.3, -0.25) is 20.2 Å². The van der Waals surface area contributed by atoms with E-state index in [0.29, 0.717) is 22.1 Å². The minimum atomic E-state index is -0.396. The number of hydrogen-bond donors (Lipinski definition) is 2. The van der Waals surface area contributed by atoms with Crippen LogP contribution in [-0.4, -0.2) is 21.8 Å². The third-order valence-corrected chi connectivity index (χ3v) is 8.13. The number of carbonyl (C=O) groups excluding carboxylic acids is 2. The van der Waals surface area contributed by atoms with Gasteiger partial charge in [-0.25, -0.2) is 9.97 Å². The van der Waals surface area contributed by atoms with Crippen molar-refractivity contribution in [3.8, 4) is 22.5 Å². The lowest BCUT2D eigenvalue weighted by Crippen LogP contribution is -2.20. The number of thiazole rings is 2. The summed E-state index contributed by atoms with van der Waals surface area (Å²) in [5.74, 6) is 0.117. The number of carbonyl (C=O) groups is 2. The molecule has 0 aliphatic carbocycles. The zero-order valence-electron chi connectivity index (χ0n) is 22.8. The molecule has 0 bridgehead atoms. The fourth-order valence-corrected chi connectivity index (χ4v) is 5.64. The molecule has 5 rings (SSSR count). The van der Waals surface area contributed by atoms with Crippen molar-refractivity contribution < 1.29 is 9.59 Å². The monoisotopic (exact) mass is 566 g/mol. The molecule has 2 heterocycles. The molecule has 0 spiro atoms. The summed E-state index contributed by atoms with van der Waals surface area (Å²) in [5, 5.41) is 10.5. The van der Waals surface area contributed by atoms with Gasteiger partial charge in [-0.2, -0.15) is 0 Å². The molecule has 202 valence electrons. The number of amides is 2. The van der Waals surface area contributed by atoms with Crippen molar-refractivity contribution >= 4 is 44.8 Å². The number of hydrogen-bond acceptors (Lipinski definition) is 6. The van der Waals surface area contributed by atoms with E-state index in [0.717, 1.165) is 22.5 Å². The standard InChI is InChI=1S/C32H30N4O2S2/c1-19(2)21-9-13-23(14-10-21)27-17-39-31(33-27)35-29(37)25-7-5-6-8-26(25)30(38)36-32-34-28(18-40-32)24-15-11-22(12-16-24)20(3)4/h5-20H,1-4H3,(H,33,35,37)(H,34,36,38). The molecule has 8 heteroatoms. The van der Waals surface area contributed by atoms with E-state index in [1.165, 1.54) is 33.8 Å². The van der Waals surface area contributed by atoms with Crippen LogP contribution in [0.3, 0.4) is 0 Å². The van der Waals surface area contributed by atoms with Crippen LogP contribution in [0.1, 0.15) is 71.4 Å². The molecular formula is C32H30N4O2S2. The van der Waals surface area contributed by atoms with Gasteiger partial charge in [0.25, 0.3) is 11.8 Å². The molecule has 0 aliphatic rings. The fraction of sp³-hybridized carbons (Fsp3) is 0.188. The Balaban J connectivity index is 1.27. The summed E-state index contributed by atoms with van der Waals surface area (Å²) in [7, 11) is 0. The largest absolute Gasteiger partial charge is 0.298 e. The van der Waals surface area contributed by atoms with Crippen molar-refractivity contribution in [1.82, 2.24) is 9.97 Å². The third-order valence-electron chi connectivity index (χ3n) is 6.61. The average molecular weight is 567 g/mol. The first-order chi connectivity index (χ1) is 19.3. The Hall–Kier alpha value is -4.14. The van der Waals surface area contributed by atoms with Crippen molar-refractivity contribution in [2.24, 2.45) is 0 Å². The van der Waals surface area contributed by atoms with Crippen molar-refractivity contribution in [2.45, 2.75) is 39.5 Å². The molecular weight excluding hydrogens is 537 g/mol. The van der Waals surface area contributed by atoms with Crippen LogP contribution >= 0.6 is 22.7 Å². The first-order valence-corrected chi connectivity index (χ1v) is 14.9. The fourth-order valence-electron chi connectivity index (χ4n) is 4.21. The Labute approximate surface area is 242 Å². The van der Waals surface area contributed by atoms with Gasteiger partial charge in [-0.05, 0) is 35.1 Å². The highest BCUT2D eigenvalue weighted by atomic mass is 32.1. The van der Waals surface area contributed by atoms with Crippen LogP contribution in [0.2, 0.25) is 0 Å². The molecule has 3 aromatic carbocycles. The van der Waals surface area contributed by atoms with Crippen LogP contribution in [0, 0.1) is 0 Å². The minimum absolute atomic E-state index is 0.263. The number of benzene rings is 3. The molecule has 40 heavy (non-hydrogen) atoms. The van der Waals surface area contributed by atoms with Gasteiger partial charge in [0.2, 0.25) is 0 Å². The van der Waals surface area contributed by atoms with E-state index in [1.807, 2.05) is 35.0 Å². The highest BCUT2D eigenvalue weighted by Crippen LogP contribution is 2.29. The number of anilines is 2. The molecule has 0 fully saturated rings. The van der Waals surface area contributed by atoms with E-state index in [4.69, 9.17) is 0 Å². The number of rotatable bonds is 8. The molecule has 2 aromatic heterocycles. The molecule has 0 unspecified atom stereocenters. The Morgan fingerprint density at radius 2 is 0.975 bits per heavy atom. The van der Waals surface area contributed by atoms with Crippen LogP contribution in [0.25, 0.3) is 22.5 Å². The van der Waals surface area contributed by atoms with Gasteiger partial charge in [-0.15, -0.1) is 22.7 Å². The third kappa shape index (κ3) is 6.19. The molecule has 0 radical (unpaired) electrons. The van der Waals surface area contributed by atoms with Gasteiger partial charge in [0.05, 0.1) is 22.5 Å². The van der Waals surface area contributed by atoms with Crippen LogP contribution in [0.5, 0.6) is 0 Å². The number of aromatic nitrogens is 2. The van der Waals surface area contributed by atoms with E-state index in [9.17, 15) is 9.59 Å². The lowest BCUT2D eigenvalue weighted by Gasteiger charge is -2.08. The van der Waals surface area contributed by atoms with Gasteiger partial charge >= 0.3 is 0 Å². The van der Waals surface area contributed by atoms with Crippen molar-refractivity contribution in [2.75, 3.05) is 10.6 Å². The van der Waals surface area contributed by atoms with E-state index >= 15 is 0 Å². The molecule has 0 aliphatic heterocycles. The van der Waals surface area contributed by atoms with Crippen molar-refractivity contribution in [3.63, 3.8) is 0 Å². The predicted molar refractivity (Wildman–Crippen MR) is 166 cm³/mol. The summed E-state index contributed by atoms with van der Waals surface area (Å²) in [6.45, 7) is 8.63. The minimum Gasteiger partial charge on any atom is -0.298 e. The summed E-state index contributed by atoms with van der Waals surface area (Å²) in [4.78, 5) is 35.5. The topological polar surface area (TPSA) is 84.0 Å². The molecule has 0 saturated heterocycles. The SMILES string of the molecule is CC(C)c1ccc(-c2csc(NC(=O)c3ccccc3C(=O)Nc3nc(-c4ccc(C(C)C)cc4)cs3)n2)cc1. The zero-order valence-corrected chi connectivity index (χ0v) is 24.4. The second-order valence-electron chi connectivity index (χ2n) is 10.1. The summed E-state index contributed by atoms with van der Waals surface area (Å²) < 4.78 is 0. The van der Waals surface area contributed by atoms with Crippen molar-refractivity contribution in [1.29, 1.82) is 0 Å². The normalized spacial score (nSPS) is 11.2. The first-order valence-electron chi connectivity index (χ1n) is 13.1. The average Bonchev–Trinajstić information content (AvgIpc) is 3.63. The molecule has 0 atom stereocenters. The maximum Gasteiger partial charge on any atom is 0.258 e. The highest BCUT2D eigenvalue weighted by Gasteiger charge is 2.19. The van der Waals surface area contributed by atoms with E-state index < -0.39 is 11.8 Å². The number of nitrogens with one attached hydrogen (secondary N) is 2. The van der Waals surface area contributed by atoms with Gasteiger partial charge < -0.3 is 0 Å². The van der Waals surface area contributed by atoms with Gasteiger partial charge in [-0.1, -0.05) is 88.4 Å². The van der Waals surface area contributed by atoms with Gasteiger partial charge in [0.15, 0.2) is 10.3 Å². The second-order valence-corrected chi connectivity index (χ2v) is 11.8. The van der Waals surface area contributed by atoms with Gasteiger partial charge in [0.1, 0.15) is 0 Å². The van der Waals surface area contributed by atoms with Crippen LogP contribution < -0.4 is 10.6 Å². The Kier molecular flexibility index (Phi) is 8.19. The Morgan fingerprint density at radius 1 is 0.600 bits per heavy atom. The Bertz CT molecular complexity index is 1510.